The van der Waals surface area contributed by atoms with E-state index in [1.807, 2.05) is 47.7 Å². The molecule has 0 bridgehead atoms. The first-order valence-corrected chi connectivity index (χ1v) is 11.6. The van der Waals surface area contributed by atoms with Crippen molar-refractivity contribution in [2.75, 3.05) is 13.1 Å². The molecule has 0 unspecified atom stereocenters. The minimum atomic E-state index is -0.127. The molecule has 6 nitrogen and oxygen atoms in total. The number of nitrogens with zero attached hydrogens (tertiary/aromatic N) is 3. The van der Waals surface area contributed by atoms with Gasteiger partial charge in [-0.05, 0) is 36.4 Å². The Kier molecular flexibility index (Phi) is 7.60. The number of amides is 2. The summed E-state index contributed by atoms with van der Waals surface area (Å²) in [6.07, 6.45) is 3.79. The van der Waals surface area contributed by atoms with Crippen molar-refractivity contribution in [1.29, 1.82) is 0 Å². The molecule has 0 aromatic carbocycles. The number of aromatic nitrogens is 2. The smallest absolute Gasteiger partial charge is 0.270 e. The van der Waals surface area contributed by atoms with Crippen molar-refractivity contribution >= 4 is 34.5 Å². The molecule has 0 saturated heterocycles. The van der Waals surface area contributed by atoms with Gasteiger partial charge in [0.1, 0.15) is 10.7 Å². The van der Waals surface area contributed by atoms with Gasteiger partial charge in [0.15, 0.2) is 0 Å². The number of thiazole rings is 1. The molecule has 3 heterocycles. The van der Waals surface area contributed by atoms with Gasteiger partial charge in [0, 0.05) is 30.4 Å². The van der Waals surface area contributed by atoms with Gasteiger partial charge in [0.05, 0.1) is 18.0 Å². The molecule has 0 saturated carbocycles. The van der Waals surface area contributed by atoms with Gasteiger partial charge in [-0.25, -0.2) is 4.98 Å². The molecule has 2 amide bonds. The van der Waals surface area contributed by atoms with E-state index in [2.05, 4.69) is 21.8 Å². The molecular formula is C21H26N4O2S2. The lowest BCUT2D eigenvalue weighted by Crippen LogP contribution is -2.31. The van der Waals surface area contributed by atoms with Gasteiger partial charge in [-0.1, -0.05) is 19.9 Å². The molecular weight excluding hydrogens is 404 g/mol. The van der Waals surface area contributed by atoms with Crippen LogP contribution in [0, 0.1) is 0 Å². The Morgan fingerprint density at radius 3 is 2.76 bits per heavy atom. The monoisotopic (exact) mass is 430 g/mol. The second kappa shape index (κ2) is 10.4. The predicted molar refractivity (Wildman–Crippen MR) is 118 cm³/mol. The summed E-state index contributed by atoms with van der Waals surface area (Å²) in [6.45, 7) is 6.59. The maximum absolute atomic E-state index is 12.8. The van der Waals surface area contributed by atoms with Crippen LogP contribution in [-0.4, -0.2) is 39.4 Å². The summed E-state index contributed by atoms with van der Waals surface area (Å²) in [7, 11) is 0. The first-order chi connectivity index (χ1) is 14.1. The van der Waals surface area contributed by atoms with Crippen LogP contribution in [0.5, 0.6) is 0 Å². The van der Waals surface area contributed by atoms with Crippen LogP contribution in [0.15, 0.2) is 41.2 Å². The van der Waals surface area contributed by atoms with E-state index >= 15 is 0 Å². The third kappa shape index (κ3) is 5.55. The minimum absolute atomic E-state index is 0.0683. The van der Waals surface area contributed by atoms with E-state index in [-0.39, 0.29) is 11.8 Å². The first kappa shape index (κ1) is 21.3. The fourth-order valence-corrected chi connectivity index (χ4v) is 4.45. The van der Waals surface area contributed by atoms with Crippen molar-refractivity contribution in [2.24, 2.45) is 0 Å². The van der Waals surface area contributed by atoms with E-state index in [0.717, 1.165) is 28.4 Å². The lowest BCUT2D eigenvalue weighted by molar-refractivity contribution is 0.0744. The van der Waals surface area contributed by atoms with Gasteiger partial charge in [0.2, 0.25) is 0 Å². The van der Waals surface area contributed by atoms with E-state index in [1.165, 1.54) is 22.7 Å². The topological polar surface area (TPSA) is 67.2 Å². The van der Waals surface area contributed by atoms with Crippen LogP contribution in [0.25, 0.3) is 0 Å². The Bertz CT molecular complexity index is 930. The summed E-state index contributed by atoms with van der Waals surface area (Å²) in [6, 6.07) is 7.79. The Morgan fingerprint density at radius 2 is 2.03 bits per heavy atom. The Morgan fingerprint density at radius 1 is 1.17 bits per heavy atom. The molecule has 0 radical (unpaired) electrons. The van der Waals surface area contributed by atoms with Crippen LogP contribution in [0.2, 0.25) is 0 Å². The highest BCUT2D eigenvalue weighted by atomic mass is 32.1. The number of hydrogen-bond donors (Lipinski definition) is 1. The fraction of sp³-hybridized carbons (Fsp3) is 0.381. The van der Waals surface area contributed by atoms with Crippen LogP contribution in [0.1, 0.15) is 57.6 Å². The van der Waals surface area contributed by atoms with E-state index in [1.54, 1.807) is 5.38 Å². The normalized spacial score (nSPS) is 10.8. The highest BCUT2D eigenvalue weighted by Gasteiger charge is 2.18. The quantitative estimate of drug-likeness (QED) is 0.523. The van der Waals surface area contributed by atoms with Crippen LogP contribution in [-0.2, 0) is 13.1 Å². The number of carbonyl (C=O) groups excluding carboxylic acids is 2. The first-order valence-electron chi connectivity index (χ1n) is 9.81. The maximum atomic E-state index is 12.8. The highest BCUT2D eigenvalue weighted by molar-refractivity contribution is 7.12. The number of hydrogen-bond acceptors (Lipinski definition) is 5. The van der Waals surface area contributed by atoms with Gasteiger partial charge >= 0.3 is 0 Å². The summed E-state index contributed by atoms with van der Waals surface area (Å²) in [5.41, 5.74) is 1.52. The van der Waals surface area contributed by atoms with Crippen LogP contribution < -0.4 is 5.32 Å². The maximum Gasteiger partial charge on any atom is 0.270 e. The highest BCUT2D eigenvalue weighted by Crippen LogP contribution is 2.18. The molecule has 1 N–H and O–H groups in total. The van der Waals surface area contributed by atoms with Crippen molar-refractivity contribution in [3.8, 4) is 0 Å². The average molecular weight is 431 g/mol. The molecule has 0 aliphatic rings. The Hall–Kier alpha value is -2.45. The molecule has 0 spiro atoms. The number of nitrogens with one attached hydrogen (secondary N) is 1. The van der Waals surface area contributed by atoms with Crippen molar-refractivity contribution in [1.82, 2.24) is 19.8 Å². The van der Waals surface area contributed by atoms with E-state index < -0.39 is 0 Å². The van der Waals surface area contributed by atoms with E-state index in [0.29, 0.717) is 31.9 Å². The molecule has 0 fully saturated rings. The number of thiophene rings is 1. The zero-order valence-corrected chi connectivity index (χ0v) is 18.4. The van der Waals surface area contributed by atoms with Gasteiger partial charge < -0.3 is 14.8 Å². The van der Waals surface area contributed by atoms with E-state index in [4.69, 9.17) is 0 Å². The molecule has 0 aliphatic heterocycles. The molecule has 29 heavy (non-hydrogen) atoms. The minimum Gasteiger partial charge on any atom is -0.351 e. The lowest BCUT2D eigenvalue weighted by atomic mass is 10.3. The van der Waals surface area contributed by atoms with Crippen LogP contribution in [0.3, 0.4) is 0 Å². The zero-order chi connectivity index (χ0) is 20.6. The standard InChI is InChI=1S/C21H26N4O2S2/c1-3-9-22-20(26)17-15-29-19(23-17)14-24-11-5-7-16(24)13-25(10-4-2)21(27)18-8-6-12-28-18/h5-8,11-12,15H,3-4,9-10,13-14H2,1-2H3,(H,22,26). The predicted octanol–water partition coefficient (Wildman–Crippen LogP) is 4.25. The molecule has 3 aromatic rings. The number of rotatable bonds is 10. The Balaban J connectivity index is 1.69. The van der Waals surface area contributed by atoms with Gasteiger partial charge in [-0.15, -0.1) is 22.7 Å². The lowest BCUT2D eigenvalue weighted by Gasteiger charge is -2.22. The third-order valence-corrected chi connectivity index (χ3v) is 6.11. The number of carbonyl (C=O) groups is 2. The zero-order valence-electron chi connectivity index (χ0n) is 16.8. The van der Waals surface area contributed by atoms with Crippen molar-refractivity contribution in [3.63, 3.8) is 0 Å². The molecule has 0 atom stereocenters. The molecule has 0 aliphatic carbocycles. The second-order valence-electron chi connectivity index (χ2n) is 6.71. The molecule has 154 valence electrons. The molecule has 3 rings (SSSR count). The summed E-state index contributed by atoms with van der Waals surface area (Å²) in [5.74, 6) is -0.0588. The van der Waals surface area contributed by atoms with Crippen molar-refractivity contribution in [2.45, 2.75) is 39.8 Å². The SMILES string of the molecule is CCCNC(=O)c1csc(Cn2cccc2CN(CCC)C(=O)c2cccs2)n1. The van der Waals surface area contributed by atoms with Gasteiger partial charge in [-0.2, -0.15) is 0 Å². The summed E-state index contributed by atoms with van der Waals surface area (Å²) in [4.78, 5) is 32.0. The Labute approximate surface area is 179 Å². The third-order valence-electron chi connectivity index (χ3n) is 4.41. The molecule has 8 heteroatoms. The molecule has 3 aromatic heterocycles. The summed E-state index contributed by atoms with van der Waals surface area (Å²) < 4.78 is 2.09. The van der Waals surface area contributed by atoms with Gasteiger partial charge in [0.25, 0.3) is 11.8 Å². The van der Waals surface area contributed by atoms with Crippen LogP contribution >= 0.6 is 22.7 Å². The largest absolute Gasteiger partial charge is 0.351 e. The van der Waals surface area contributed by atoms with Gasteiger partial charge in [-0.3, -0.25) is 9.59 Å². The second-order valence-corrected chi connectivity index (χ2v) is 8.60. The van der Waals surface area contributed by atoms with Crippen molar-refractivity contribution < 1.29 is 9.59 Å². The summed E-state index contributed by atoms with van der Waals surface area (Å²) in [5, 5.41) is 7.45. The summed E-state index contributed by atoms with van der Waals surface area (Å²) >= 11 is 2.95. The van der Waals surface area contributed by atoms with E-state index in [9.17, 15) is 9.59 Å². The fourth-order valence-electron chi connectivity index (χ4n) is 2.98. The average Bonchev–Trinajstić information content (AvgIpc) is 3.48. The van der Waals surface area contributed by atoms with Crippen molar-refractivity contribution in [3.05, 3.63) is 62.5 Å². The van der Waals surface area contributed by atoms with Crippen LogP contribution in [0.4, 0.5) is 0 Å².